The van der Waals surface area contributed by atoms with Gasteiger partial charge in [-0.25, -0.2) is 0 Å². The van der Waals surface area contributed by atoms with Crippen LogP contribution in [0, 0.1) is 6.92 Å². The Bertz CT molecular complexity index is 1470. The molecule has 0 bridgehead atoms. The number of aromatic nitrogens is 2. The molecule has 0 fully saturated rings. The van der Waals surface area contributed by atoms with E-state index in [9.17, 15) is 9.90 Å². The standard InChI is InChI=1S/C23H15ClN2O3/c1-12-8-20(29-26-12)21-22(27)17-10-16(18(24)11-19(17)25-23(21)28)15-7-6-13-4-2-3-5-14(13)9-15/h2-11H,1H3,(H2,25,27,28). The number of hydrogen-bond donors (Lipinski definition) is 2. The number of H-pyrrole nitrogens is 1. The quantitative estimate of drug-likeness (QED) is 0.398. The van der Waals surface area contributed by atoms with Crippen molar-refractivity contribution < 1.29 is 9.63 Å². The van der Waals surface area contributed by atoms with E-state index in [0.29, 0.717) is 21.6 Å². The van der Waals surface area contributed by atoms with Gasteiger partial charge in [0.15, 0.2) is 5.76 Å². The summed E-state index contributed by atoms with van der Waals surface area (Å²) in [4.78, 5) is 15.3. The monoisotopic (exact) mass is 402 g/mol. The Morgan fingerprint density at radius 2 is 1.83 bits per heavy atom. The second-order valence-electron chi connectivity index (χ2n) is 6.95. The average molecular weight is 403 g/mol. The fraction of sp³-hybridized carbons (Fsp3) is 0.0435. The van der Waals surface area contributed by atoms with E-state index in [1.807, 2.05) is 42.5 Å². The zero-order valence-electron chi connectivity index (χ0n) is 15.4. The summed E-state index contributed by atoms with van der Waals surface area (Å²) in [5, 5.41) is 17.8. The Balaban J connectivity index is 1.76. The van der Waals surface area contributed by atoms with Crippen LogP contribution in [-0.2, 0) is 0 Å². The Morgan fingerprint density at radius 3 is 2.59 bits per heavy atom. The highest BCUT2D eigenvalue weighted by Crippen LogP contribution is 2.38. The molecule has 6 heteroatoms. The van der Waals surface area contributed by atoms with E-state index in [1.54, 1.807) is 25.1 Å². The van der Waals surface area contributed by atoms with Gasteiger partial charge < -0.3 is 14.6 Å². The lowest BCUT2D eigenvalue weighted by Gasteiger charge is -2.11. The predicted octanol–water partition coefficient (Wildman–Crippen LogP) is 5.67. The number of rotatable bonds is 2. The number of pyridine rings is 1. The van der Waals surface area contributed by atoms with Gasteiger partial charge in [0.05, 0.1) is 16.2 Å². The summed E-state index contributed by atoms with van der Waals surface area (Å²) in [6.07, 6.45) is 0. The van der Waals surface area contributed by atoms with Crippen molar-refractivity contribution in [2.45, 2.75) is 6.92 Å². The van der Waals surface area contributed by atoms with Crippen molar-refractivity contribution >= 4 is 33.3 Å². The summed E-state index contributed by atoms with van der Waals surface area (Å²) < 4.78 is 5.19. The van der Waals surface area contributed by atoms with E-state index < -0.39 is 5.56 Å². The van der Waals surface area contributed by atoms with Crippen LogP contribution in [0.1, 0.15) is 5.69 Å². The Morgan fingerprint density at radius 1 is 1.03 bits per heavy atom. The van der Waals surface area contributed by atoms with Crippen molar-refractivity contribution in [2.75, 3.05) is 0 Å². The number of aromatic hydroxyl groups is 1. The van der Waals surface area contributed by atoms with Crippen molar-refractivity contribution in [1.29, 1.82) is 0 Å². The van der Waals surface area contributed by atoms with E-state index in [-0.39, 0.29) is 17.1 Å². The normalized spacial score (nSPS) is 11.4. The van der Waals surface area contributed by atoms with Gasteiger partial charge in [0.2, 0.25) is 0 Å². The van der Waals surface area contributed by atoms with E-state index in [4.69, 9.17) is 16.1 Å². The minimum absolute atomic E-state index is 0.0462. The molecule has 5 aromatic rings. The molecule has 0 amide bonds. The van der Waals surface area contributed by atoms with Crippen molar-refractivity contribution in [3.8, 4) is 28.2 Å². The molecule has 5 rings (SSSR count). The first-order chi connectivity index (χ1) is 14.0. The molecular formula is C23H15ClN2O3. The molecule has 0 atom stereocenters. The van der Waals surface area contributed by atoms with Crippen molar-refractivity contribution in [3.63, 3.8) is 0 Å². The third-order valence-electron chi connectivity index (χ3n) is 5.01. The molecule has 2 N–H and O–H groups in total. The van der Waals surface area contributed by atoms with Crippen LogP contribution >= 0.6 is 11.6 Å². The Labute approximate surface area is 170 Å². The second-order valence-corrected chi connectivity index (χ2v) is 7.36. The number of nitrogens with zero attached hydrogens (tertiary/aromatic N) is 1. The van der Waals surface area contributed by atoms with E-state index in [2.05, 4.69) is 10.1 Å². The lowest BCUT2D eigenvalue weighted by molar-refractivity contribution is 0.421. The Kier molecular flexibility index (Phi) is 3.93. The number of nitrogens with one attached hydrogen (secondary N) is 1. The molecule has 0 radical (unpaired) electrons. The molecule has 0 unspecified atom stereocenters. The van der Waals surface area contributed by atoms with Gasteiger partial charge in [-0.05, 0) is 41.5 Å². The SMILES string of the molecule is Cc1cc(-c2c(O)c3cc(-c4ccc5ccccc5c4)c(Cl)cc3[nH]c2=O)on1. The molecule has 0 aliphatic carbocycles. The molecule has 0 aliphatic rings. The van der Waals surface area contributed by atoms with Crippen LogP contribution in [0.4, 0.5) is 0 Å². The largest absolute Gasteiger partial charge is 0.506 e. The molecule has 0 saturated carbocycles. The van der Waals surface area contributed by atoms with Crippen LogP contribution < -0.4 is 5.56 Å². The van der Waals surface area contributed by atoms with Crippen LogP contribution in [0.15, 0.2) is 70.0 Å². The van der Waals surface area contributed by atoms with Crippen LogP contribution in [0.5, 0.6) is 5.75 Å². The molecule has 0 spiro atoms. The zero-order valence-corrected chi connectivity index (χ0v) is 16.1. The number of benzene rings is 3. The molecule has 142 valence electrons. The van der Waals surface area contributed by atoms with Gasteiger partial charge in [-0.3, -0.25) is 4.79 Å². The highest BCUT2D eigenvalue weighted by Gasteiger charge is 2.19. The number of fused-ring (bicyclic) bond motifs is 2. The third-order valence-corrected chi connectivity index (χ3v) is 5.32. The summed E-state index contributed by atoms with van der Waals surface area (Å²) in [6.45, 7) is 1.75. The number of aromatic amines is 1. The maximum absolute atomic E-state index is 12.5. The van der Waals surface area contributed by atoms with Gasteiger partial charge in [-0.1, -0.05) is 53.2 Å². The van der Waals surface area contributed by atoms with Gasteiger partial charge >= 0.3 is 0 Å². The van der Waals surface area contributed by atoms with Crippen molar-refractivity contribution in [1.82, 2.24) is 10.1 Å². The van der Waals surface area contributed by atoms with Crippen LogP contribution in [0.25, 0.3) is 44.1 Å². The lowest BCUT2D eigenvalue weighted by atomic mass is 9.98. The summed E-state index contributed by atoms with van der Waals surface area (Å²) in [6, 6.07) is 19.2. The molecule has 5 nitrogen and oxygen atoms in total. The van der Waals surface area contributed by atoms with Crippen molar-refractivity contribution in [3.05, 3.63) is 81.7 Å². The fourth-order valence-electron chi connectivity index (χ4n) is 3.59. The van der Waals surface area contributed by atoms with Crippen LogP contribution in [0.3, 0.4) is 0 Å². The molecule has 2 aromatic heterocycles. The average Bonchev–Trinajstić information content (AvgIpc) is 3.13. The molecule has 0 saturated heterocycles. The number of aryl methyl sites for hydroxylation is 1. The van der Waals surface area contributed by atoms with Gasteiger partial charge in [0.1, 0.15) is 11.3 Å². The second kappa shape index (κ2) is 6.50. The molecule has 3 aromatic carbocycles. The smallest absolute Gasteiger partial charge is 0.263 e. The maximum atomic E-state index is 12.5. The summed E-state index contributed by atoms with van der Waals surface area (Å²) in [5.41, 5.74) is 2.31. The maximum Gasteiger partial charge on any atom is 0.263 e. The first-order valence-electron chi connectivity index (χ1n) is 9.02. The molecule has 2 heterocycles. The van der Waals surface area contributed by atoms with Gasteiger partial charge in [0.25, 0.3) is 5.56 Å². The number of hydrogen-bond acceptors (Lipinski definition) is 4. The molecule has 29 heavy (non-hydrogen) atoms. The van der Waals surface area contributed by atoms with Crippen LogP contribution in [0.2, 0.25) is 5.02 Å². The number of halogens is 1. The summed E-state index contributed by atoms with van der Waals surface area (Å²) in [7, 11) is 0. The molecule has 0 aliphatic heterocycles. The fourth-order valence-corrected chi connectivity index (χ4v) is 3.86. The first-order valence-corrected chi connectivity index (χ1v) is 9.40. The van der Waals surface area contributed by atoms with Gasteiger partial charge in [0, 0.05) is 17.0 Å². The third kappa shape index (κ3) is 2.87. The predicted molar refractivity (Wildman–Crippen MR) is 114 cm³/mol. The van der Waals surface area contributed by atoms with Gasteiger partial charge in [-0.2, -0.15) is 0 Å². The zero-order chi connectivity index (χ0) is 20.1. The lowest BCUT2D eigenvalue weighted by Crippen LogP contribution is -2.09. The highest BCUT2D eigenvalue weighted by atomic mass is 35.5. The first kappa shape index (κ1) is 17.5. The van der Waals surface area contributed by atoms with Crippen LogP contribution in [-0.4, -0.2) is 15.2 Å². The van der Waals surface area contributed by atoms with E-state index in [1.165, 1.54) is 0 Å². The minimum atomic E-state index is -0.472. The highest BCUT2D eigenvalue weighted by molar-refractivity contribution is 6.34. The summed E-state index contributed by atoms with van der Waals surface area (Å²) >= 11 is 6.52. The van der Waals surface area contributed by atoms with E-state index >= 15 is 0 Å². The summed E-state index contributed by atoms with van der Waals surface area (Å²) in [5.74, 6) is 0.0453. The van der Waals surface area contributed by atoms with Gasteiger partial charge in [-0.15, -0.1) is 0 Å². The minimum Gasteiger partial charge on any atom is -0.506 e. The van der Waals surface area contributed by atoms with Crippen molar-refractivity contribution in [2.24, 2.45) is 0 Å². The van der Waals surface area contributed by atoms with E-state index in [0.717, 1.165) is 21.9 Å². The Hall–Kier alpha value is -3.57. The topological polar surface area (TPSA) is 79.1 Å². The molecular weight excluding hydrogens is 388 g/mol.